The molecule has 0 bridgehead atoms. The standard InChI is InChI=1S/C21H20F2N2O3/c22-20(23)19-18(21(26)25-14-8-9-24-11-14)16-10-15(6-7-17(16)28-19)27-12-13-4-2-1-3-5-13/h1-7,10,14,20,24H,8-9,11-12H2,(H,25,26)/t14-/m0/s1. The van der Waals surface area contributed by atoms with Crippen LogP contribution in [0.4, 0.5) is 8.78 Å². The van der Waals surface area contributed by atoms with E-state index in [2.05, 4.69) is 10.6 Å². The highest BCUT2D eigenvalue weighted by Crippen LogP contribution is 2.35. The number of nitrogens with one attached hydrogen (secondary N) is 2. The molecule has 1 aliphatic rings. The summed E-state index contributed by atoms with van der Waals surface area (Å²) in [5.74, 6) is -0.684. The van der Waals surface area contributed by atoms with Crippen LogP contribution < -0.4 is 15.4 Å². The van der Waals surface area contributed by atoms with Gasteiger partial charge in [-0.15, -0.1) is 0 Å². The van der Waals surface area contributed by atoms with Crippen molar-refractivity contribution in [2.24, 2.45) is 0 Å². The number of carbonyl (C=O) groups excluding carboxylic acids is 1. The predicted molar refractivity (Wildman–Crippen MR) is 101 cm³/mol. The summed E-state index contributed by atoms with van der Waals surface area (Å²) in [6.45, 7) is 1.74. The Bertz CT molecular complexity index is 966. The van der Waals surface area contributed by atoms with E-state index in [4.69, 9.17) is 9.15 Å². The fourth-order valence-electron chi connectivity index (χ4n) is 3.35. The second-order valence-electron chi connectivity index (χ2n) is 6.74. The van der Waals surface area contributed by atoms with Gasteiger partial charge in [0, 0.05) is 18.0 Å². The summed E-state index contributed by atoms with van der Waals surface area (Å²) in [5, 5.41) is 6.27. The Morgan fingerprint density at radius 3 is 2.79 bits per heavy atom. The molecule has 7 heteroatoms. The zero-order valence-corrected chi connectivity index (χ0v) is 15.1. The smallest absolute Gasteiger partial charge is 0.296 e. The van der Waals surface area contributed by atoms with Crippen molar-refractivity contribution < 1.29 is 22.7 Å². The lowest BCUT2D eigenvalue weighted by molar-refractivity contribution is 0.0911. The number of benzene rings is 2. The molecule has 1 amide bonds. The molecule has 2 heterocycles. The van der Waals surface area contributed by atoms with Crippen LogP contribution in [0.25, 0.3) is 11.0 Å². The predicted octanol–water partition coefficient (Wildman–Crippen LogP) is 4.04. The number of hydrogen-bond acceptors (Lipinski definition) is 4. The van der Waals surface area contributed by atoms with Gasteiger partial charge in [0.25, 0.3) is 12.3 Å². The Hall–Kier alpha value is -2.93. The Kier molecular flexibility index (Phi) is 5.25. The largest absolute Gasteiger partial charge is 0.489 e. The maximum absolute atomic E-state index is 13.5. The summed E-state index contributed by atoms with van der Waals surface area (Å²) in [6, 6.07) is 14.3. The molecule has 28 heavy (non-hydrogen) atoms. The van der Waals surface area contributed by atoms with Crippen LogP contribution in [0.3, 0.4) is 0 Å². The number of halogens is 2. The van der Waals surface area contributed by atoms with Gasteiger partial charge in [0.05, 0.1) is 5.56 Å². The molecule has 146 valence electrons. The summed E-state index contributed by atoms with van der Waals surface area (Å²) in [4.78, 5) is 12.7. The number of ether oxygens (including phenoxy) is 1. The molecule has 0 aliphatic carbocycles. The van der Waals surface area contributed by atoms with E-state index in [9.17, 15) is 13.6 Å². The van der Waals surface area contributed by atoms with Gasteiger partial charge in [0.2, 0.25) is 0 Å². The third-order valence-electron chi connectivity index (χ3n) is 4.76. The summed E-state index contributed by atoms with van der Waals surface area (Å²) in [7, 11) is 0. The van der Waals surface area contributed by atoms with E-state index in [1.807, 2.05) is 30.3 Å². The first-order chi connectivity index (χ1) is 13.6. The molecule has 1 saturated heterocycles. The molecule has 1 aromatic heterocycles. The van der Waals surface area contributed by atoms with Crippen LogP contribution in [0.5, 0.6) is 5.75 Å². The van der Waals surface area contributed by atoms with Crippen LogP contribution in [-0.4, -0.2) is 25.0 Å². The molecule has 4 rings (SSSR count). The molecule has 0 unspecified atom stereocenters. The monoisotopic (exact) mass is 386 g/mol. The second-order valence-corrected chi connectivity index (χ2v) is 6.74. The van der Waals surface area contributed by atoms with Gasteiger partial charge in [0.15, 0.2) is 5.76 Å². The van der Waals surface area contributed by atoms with Crippen LogP contribution in [0.2, 0.25) is 0 Å². The minimum Gasteiger partial charge on any atom is -0.489 e. The van der Waals surface area contributed by atoms with Crippen LogP contribution in [-0.2, 0) is 6.61 Å². The Morgan fingerprint density at radius 2 is 2.07 bits per heavy atom. The first kappa shape index (κ1) is 18.4. The highest BCUT2D eigenvalue weighted by Gasteiger charge is 2.29. The fourth-order valence-corrected chi connectivity index (χ4v) is 3.35. The number of amides is 1. The van der Waals surface area contributed by atoms with Gasteiger partial charge in [-0.3, -0.25) is 4.79 Å². The van der Waals surface area contributed by atoms with Gasteiger partial charge in [0.1, 0.15) is 17.9 Å². The molecule has 0 spiro atoms. The summed E-state index contributed by atoms with van der Waals surface area (Å²) < 4.78 is 38.0. The fraction of sp³-hybridized carbons (Fsp3) is 0.286. The third-order valence-corrected chi connectivity index (χ3v) is 4.76. The topological polar surface area (TPSA) is 63.5 Å². The number of furan rings is 1. The van der Waals surface area contributed by atoms with Gasteiger partial charge < -0.3 is 19.8 Å². The van der Waals surface area contributed by atoms with E-state index in [1.165, 1.54) is 0 Å². The number of alkyl halides is 2. The van der Waals surface area contributed by atoms with Crippen LogP contribution >= 0.6 is 0 Å². The van der Waals surface area contributed by atoms with Gasteiger partial charge in [-0.05, 0) is 36.7 Å². The molecule has 2 N–H and O–H groups in total. The molecular weight excluding hydrogens is 366 g/mol. The van der Waals surface area contributed by atoms with Crippen LogP contribution in [0.15, 0.2) is 52.9 Å². The highest BCUT2D eigenvalue weighted by molar-refractivity contribution is 6.07. The Balaban J connectivity index is 1.63. The van der Waals surface area contributed by atoms with Gasteiger partial charge in [-0.1, -0.05) is 30.3 Å². The van der Waals surface area contributed by atoms with Crippen molar-refractivity contribution in [2.75, 3.05) is 13.1 Å². The molecule has 3 aromatic rings. The van der Waals surface area contributed by atoms with Crippen molar-refractivity contribution in [2.45, 2.75) is 25.5 Å². The summed E-state index contributed by atoms with van der Waals surface area (Å²) in [5.41, 5.74) is 1.09. The molecule has 0 saturated carbocycles. The van der Waals surface area contributed by atoms with E-state index in [0.29, 0.717) is 24.3 Å². The zero-order valence-electron chi connectivity index (χ0n) is 15.1. The lowest BCUT2D eigenvalue weighted by Gasteiger charge is -2.11. The Labute approximate surface area is 160 Å². The third kappa shape index (κ3) is 3.84. The number of rotatable bonds is 6. The first-order valence-corrected chi connectivity index (χ1v) is 9.14. The summed E-state index contributed by atoms with van der Waals surface area (Å²) >= 11 is 0. The van der Waals surface area contributed by atoms with Crippen LogP contribution in [0, 0.1) is 0 Å². The highest BCUT2D eigenvalue weighted by atomic mass is 19.3. The van der Waals surface area contributed by atoms with Crippen molar-refractivity contribution in [1.82, 2.24) is 10.6 Å². The Morgan fingerprint density at radius 1 is 1.25 bits per heavy atom. The molecular formula is C21H20F2N2O3. The van der Waals surface area contributed by atoms with E-state index >= 15 is 0 Å². The normalized spacial score (nSPS) is 16.6. The number of fused-ring (bicyclic) bond motifs is 1. The van der Waals surface area contributed by atoms with E-state index in [-0.39, 0.29) is 17.2 Å². The van der Waals surface area contributed by atoms with Crippen molar-refractivity contribution in [3.63, 3.8) is 0 Å². The van der Waals surface area contributed by atoms with E-state index in [0.717, 1.165) is 18.5 Å². The minimum atomic E-state index is -2.89. The molecule has 1 fully saturated rings. The van der Waals surface area contributed by atoms with Gasteiger partial charge >= 0.3 is 0 Å². The second kappa shape index (κ2) is 7.98. The van der Waals surface area contributed by atoms with Crippen molar-refractivity contribution in [3.05, 3.63) is 65.4 Å². The molecule has 1 atom stereocenters. The van der Waals surface area contributed by atoms with Gasteiger partial charge in [-0.2, -0.15) is 0 Å². The zero-order chi connectivity index (χ0) is 19.5. The van der Waals surface area contributed by atoms with Gasteiger partial charge in [-0.25, -0.2) is 8.78 Å². The molecule has 0 radical (unpaired) electrons. The van der Waals surface area contributed by atoms with Crippen molar-refractivity contribution in [3.8, 4) is 5.75 Å². The molecule has 5 nitrogen and oxygen atoms in total. The SMILES string of the molecule is O=C(N[C@H]1CCNC1)c1c(C(F)F)oc2ccc(OCc3ccccc3)cc12. The maximum Gasteiger partial charge on any atom is 0.296 e. The first-order valence-electron chi connectivity index (χ1n) is 9.14. The molecule has 1 aliphatic heterocycles. The lowest BCUT2D eigenvalue weighted by Crippen LogP contribution is -2.36. The maximum atomic E-state index is 13.5. The van der Waals surface area contributed by atoms with Crippen LogP contribution in [0.1, 0.15) is 34.5 Å². The number of hydrogen-bond donors (Lipinski definition) is 2. The number of carbonyl (C=O) groups is 1. The average molecular weight is 386 g/mol. The van der Waals surface area contributed by atoms with Crippen molar-refractivity contribution >= 4 is 16.9 Å². The van der Waals surface area contributed by atoms with E-state index < -0.39 is 18.1 Å². The minimum absolute atomic E-state index is 0.0829. The lowest BCUT2D eigenvalue weighted by atomic mass is 10.1. The van der Waals surface area contributed by atoms with E-state index in [1.54, 1.807) is 18.2 Å². The van der Waals surface area contributed by atoms with Crippen molar-refractivity contribution in [1.29, 1.82) is 0 Å². The average Bonchev–Trinajstić information content (AvgIpc) is 3.34. The molecule has 2 aromatic carbocycles. The quantitative estimate of drug-likeness (QED) is 0.671. The summed E-state index contributed by atoms with van der Waals surface area (Å²) in [6.07, 6.45) is -2.12.